The van der Waals surface area contributed by atoms with E-state index in [1.807, 2.05) is 32.0 Å². The van der Waals surface area contributed by atoms with Gasteiger partial charge in [0.05, 0.1) is 59.8 Å². The fraction of sp³-hybridized carbons (Fsp3) is 0.707. The average Bonchev–Trinajstić information content (AvgIpc) is 3.74. The fourth-order valence-electron chi connectivity index (χ4n) is 8.75. The van der Waals surface area contributed by atoms with Gasteiger partial charge in [-0.25, -0.2) is 9.89 Å². The first-order valence-corrected chi connectivity index (χ1v) is 20.5. The van der Waals surface area contributed by atoms with E-state index in [1.165, 1.54) is 13.8 Å². The van der Waals surface area contributed by atoms with Crippen molar-refractivity contribution in [3.63, 3.8) is 0 Å². The van der Waals surface area contributed by atoms with Crippen LogP contribution in [0.15, 0.2) is 47.0 Å². The van der Waals surface area contributed by atoms with E-state index in [9.17, 15) is 29.9 Å². The summed E-state index contributed by atoms with van der Waals surface area (Å²) in [5.41, 5.74) is -1.79. The van der Waals surface area contributed by atoms with Gasteiger partial charge >= 0.3 is 11.0 Å². The number of rotatable bonds is 9. The van der Waals surface area contributed by atoms with E-state index in [-0.39, 0.29) is 56.2 Å². The third-order valence-electron chi connectivity index (χ3n) is 12.0. The van der Waals surface area contributed by atoms with Gasteiger partial charge in [0.2, 0.25) is 0 Å². The van der Waals surface area contributed by atoms with Crippen LogP contribution < -0.4 is 0 Å². The number of likely N-dealkylation sites (N-methyl/N-ethyl adjacent to an activating group) is 1. The molecule has 3 fully saturated rings. The van der Waals surface area contributed by atoms with Crippen LogP contribution in [-0.4, -0.2) is 145 Å². The molecule has 3 aliphatic heterocycles. The van der Waals surface area contributed by atoms with E-state index in [0.717, 1.165) is 5.69 Å². The van der Waals surface area contributed by atoms with Crippen molar-refractivity contribution in [3.05, 3.63) is 47.4 Å². The number of Topliss-reactive ketones (excluding diaryl/α,β-unsaturated/α-hetero) is 1. The number of cyclic esters (lactones) is 1. The van der Waals surface area contributed by atoms with Crippen molar-refractivity contribution in [1.29, 1.82) is 0 Å². The lowest BCUT2D eigenvalue weighted by molar-refractivity contribution is -0.796. The van der Waals surface area contributed by atoms with Crippen molar-refractivity contribution < 1.29 is 58.6 Å². The normalized spacial score (nSPS) is 37.6. The number of fused-ring (bicyclic) bond motifs is 5. The summed E-state index contributed by atoms with van der Waals surface area (Å²) in [6, 6.07) is 5.05. The summed E-state index contributed by atoms with van der Waals surface area (Å²) in [5.74, 6) is -5.43. The Bertz CT molecular complexity index is 1840. The predicted octanol–water partition coefficient (Wildman–Crippen LogP) is 3.24. The minimum atomic E-state index is -1.95. The molecule has 5 rings (SSSR count). The molecule has 332 valence electrons. The first kappa shape index (κ1) is 46.8. The highest BCUT2D eigenvalue weighted by Gasteiger charge is 2.53. The van der Waals surface area contributed by atoms with Crippen LogP contribution in [0.1, 0.15) is 80.3 Å². The third kappa shape index (κ3) is 10.6. The molecule has 3 aliphatic rings. The zero-order chi connectivity index (χ0) is 44.1. The molecule has 0 aromatic carbocycles. The highest BCUT2D eigenvalue weighted by Crippen LogP contribution is 2.40. The van der Waals surface area contributed by atoms with Gasteiger partial charge in [0.15, 0.2) is 18.7 Å². The van der Waals surface area contributed by atoms with Crippen molar-refractivity contribution >= 4 is 23.2 Å². The maximum atomic E-state index is 14.5. The third-order valence-corrected chi connectivity index (χ3v) is 12.0. The number of hydrogen-bond acceptors (Lipinski definition) is 15. The molecule has 5 heterocycles. The molecule has 3 N–H and O–H groups in total. The number of aliphatic hydroxyl groups excluding tert-OH is 1. The molecule has 3 saturated heterocycles. The maximum Gasteiger partial charge on any atom is 0.387 e. The molecule has 0 aliphatic carbocycles. The van der Waals surface area contributed by atoms with Gasteiger partial charge < -0.3 is 43.6 Å². The van der Waals surface area contributed by atoms with Gasteiger partial charge in [0.1, 0.15) is 40.1 Å². The van der Waals surface area contributed by atoms with E-state index < -0.39 is 82.4 Å². The van der Waals surface area contributed by atoms with Gasteiger partial charge in [-0.3, -0.25) is 14.6 Å². The highest BCUT2D eigenvalue weighted by atomic mass is 16.7. The van der Waals surface area contributed by atoms with Crippen LogP contribution in [-0.2, 0) is 44.7 Å². The van der Waals surface area contributed by atoms with Crippen molar-refractivity contribution in [2.24, 2.45) is 33.9 Å². The van der Waals surface area contributed by atoms with Crippen molar-refractivity contribution in [2.45, 2.75) is 135 Å². The summed E-state index contributed by atoms with van der Waals surface area (Å²) < 4.78 is 33.8. The number of aliphatic hydroxyl groups is 2. The van der Waals surface area contributed by atoms with Crippen LogP contribution in [0.2, 0.25) is 0 Å². The van der Waals surface area contributed by atoms with Gasteiger partial charge in [0, 0.05) is 36.2 Å². The number of carbonyl (C=O) groups is 2. The second kappa shape index (κ2) is 19.6. The Kier molecular flexibility index (Phi) is 15.3. The number of oxime groups is 1. The number of pyridine rings is 1. The van der Waals surface area contributed by atoms with Gasteiger partial charge in [0.25, 0.3) is 0 Å². The van der Waals surface area contributed by atoms with Crippen LogP contribution in [0.3, 0.4) is 0 Å². The van der Waals surface area contributed by atoms with Crippen LogP contribution in [0.25, 0.3) is 5.69 Å². The number of esters is 1. The maximum absolute atomic E-state index is 14.5. The van der Waals surface area contributed by atoms with E-state index in [2.05, 4.69) is 20.3 Å². The number of nitrogens with zero attached hydrogens (tertiary/aromatic N) is 7. The van der Waals surface area contributed by atoms with Gasteiger partial charge in [-0.1, -0.05) is 32.9 Å². The Labute approximate surface area is 350 Å². The van der Waals surface area contributed by atoms with Gasteiger partial charge in [-0.2, -0.15) is 5.10 Å². The Morgan fingerprint density at radius 1 is 1.10 bits per heavy atom. The summed E-state index contributed by atoms with van der Waals surface area (Å²) in [7, 11) is 3.68. The molecule has 0 radical (unpaired) electrons. The molecule has 19 heteroatoms. The predicted molar refractivity (Wildman–Crippen MR) is 215 cm³/mol. The summed E-state index contributed by atoms with van der Waals surface area (Å²) in [6.45, 7) is 12.7. The smallest absolute Gasteiger partial charge is 0.387 e. The molecule has 0 saturated carbocycles. The average molecular weight is 845 g/mol. The quantitative estimate of drug-likeness (QED) is 0.187. The molecule has 0 unspecified atom stereocenters. The van der Waals surface area contributed by atoms with E-state index >= 15 is 0 Å². The zero-order valence-electron chi connectivity index (χ0n) is 36.2. The SMILES string of the molecule is CC[C@H]1OC(=O)[C@H](C)C(=O)[C@H](C)[C@@H](O[C@@H]2O[C@H](C)C[C@H](N(C)C)[C@H]2O)[C@@]2(C)C[C@@H](C)C(=N[N+](=O)O)[C@H](C)[C@@H](OCC(=NOCc3ccc(-n4cccn4)cn3)CO2)[C@]1(C)O. The molecule has 13 atom stereocenters. The second-order valence-corrected chi connectivity index (χ2v) is 17.0. The second-order valence-electron chi connectivity index (χ2n) is 17.0. The van der Waals surface area contributed by atoms with Crippen LogP contribution in [0.4, 0.5) is 0 Å². The Hall–Kier alpha value is -4.24. The Morgan fingerprint density at radius 2 is 1.83 bits per heavy atom. The van der Waals surface area contributed by atoms with Crippen molar-refractivity contribution in [2.75, 3.05) is 27.3 Å². The van der Waals surface area contributed by atoms with Gasteiger partial charge in [-0.15, -0.1) is 0 Å². The summed E-state index contributed by atoms with van der Waals surface area (Å²) >= 11 is 0. The topological polar surface area (TPSA) is 229 Å². The molecular formula is C41H62N7O12+. The molecule has 60 heavy (non-hydrogen) atoms. The molecular weight excluding hydrogens is 782 g/mol. The van der Waals surface area contributed by atoms with Crippen LogP contribution in [0.5, 0.6) is 0 Å². The standard InChI is InChI=1S/C41H62N7O12/c1-11-32-41(8,52)37-25(4)33(44-48(53)54)23(2)18-40(7,56-21-29(20-55-37)45-57-22-28-13-14-30(19-42-28)47-16-12-15-43-47)36(26(5)34(49)27(6)38(51)59-32)60-39-35(50)31(46(9)10)17-24(3)58-39/h12-16,19,23-27,31-32,35-37,39,50,52H,11,17-18,20-22H2,1-10H3,(H,53,54)/q+1/t23-,24-,25+,26+,27-,31+,32-,35-,36-,37-,39+,40-,41-/m1/s1. The molecule has 2 aromatic heterocycles. The Morgan fingerprint density at radius 3 is 2.45 bits per heavy atom. The monoisotopic (exact) mass is 844 g/mol. The number of hydrazone groups is 1. The number of ketones is 1. The fourth-order valence-corrected chi connectivity index (χ4v) is 8.75. The largest absolute Gasteiger partial charge is 0.459 e. The lowest BCUT2D eigenvalue weighted by Crippen LogP contribution is -2.60. The number of ether oxygens (including phenoxy) is 5. The van der Waals surface area contributed by atoms with Crippen LogP contribution >= 0.6 is 0 Å². The summed E-state index contributed by atoms with van der Waals surface area (Å²) in [4.78, 5) is 52.8. The van der Waals surface area contributed by atoms with Gasteiger partial charge in [-0.05, 0) is 79.3 Å². The van der Waals surface area contributed by atoms with E-state index in [1.54, 1.807) is 70.0 Å². The lowest BCUT2D eigenvalue weighted by Gasteiger charge is -2.47. The minimum Gasteiger partial charge on any atom is -0.459 e. The lowest BCUT2D eigenvalue weighted by atomic mass is 9.74. The molecule has 2 aromatic rings. The zero-order valence-corrected chi connectivity index (χ0v) is 36.2. The van der Waals surface area contributed by atoms with E-state index in [4.69, 9.17) is 28.5 Å². The summed E-state index contributed by atoms with van der Waals surface area (Å²) in [6.07, 6.45) is -0.626. The van der Waals surface area contributed by atoms with Crippen LogP contribution in [0, 0.1) is 28.6 Å². The molecule has 19 nitrogen and oxygen atoms in total. The molecule has 0 amide bonds. The summed E-state index contributed by atoms with van der Waals surface area (Å²) in [5, 5.41) is 46.0. The van der Waals surface area contributed by atoms with Crippen molar-refractivity contribution in [3.8, 4) is 5.69 Å². The number of hydrogen-bond donors (Lipinski definition) is 3. The first-order valence-electron chi connectivity index (χ1n) is 20.5. The van der Waals surface area contributed by atoms with E-state index in [0.29, 0.717) is 12.1 Å². The number of aromatic nitrogens is 3. The molecule has 2 bridgehead atoms. The Balaban J connectivity index is 1.63. The van der Waals surface area contributed by atoms with Crippen molar-refractivity contribution in [1.82, 2.24) is 19.7 Å². The number of carbonyl (C=O) groups excluding carboxylic acids is 2. The first-order chi connectivity index (χ1) is 28.3. The highest BCUT2D eigenvalue weighted by molar-refractivity contribution is 6.00. The minimum absolute atomic E-state index is 0.00727. The molecule has 0 spiro atoms.